The molecule has 33 heavy (non-hydrogen) atoms. The van der Waals surface area contributed by atoms with Gasteiger partial charge < -0.3 is 15.2 Å². The molecule has 9 heteroatoms. The number of anilines is 1. The molecule has 2 aromatic carbocycles. The van der Waals surface area contributed by atoms with E-state index in [-0.39, 0.29) is 29.5 Å². The second kappa shape index (κ2) is 10.9. The molecule has 2 amide bonds. The SMILES string of the molecule is Cc1cc(C)cc(NC(=O)CSc2nnc([C@H](NC(=O)c3ccccc3Cl)C(C)C)n2C)c1. The van der Waals surface area contributed by atoms with E-state index in [0.717, 1.165) is 16.8 Å². The summed E-state index contributed by atoms with van der Waals surface area (Å²) in [6.07, 6.45) is 0. The van der Waals surface area contributed by atoms with Crippen LogP contribution in [0.4, 0.5) is 5.69 Å². The Hall–Kier alpha value is -2.84. The average Bonchev–Trinajstić information content (AvgIpc) is 3.09. The van der Waals surface area contributed by atoms with Crippen LogP contribution in [-0.4, -0.2) is 32.3 Å². The lowest BCUT2D eigenvalue weighted by Gasteiger charge is -2.22. The van der Waals surface area contributed by atoms with Crippen LogP contribution < -0.4 is 10.6 Å². The number of carbonyl (C=O) groups excluding carboxylic acids is 2. The summed E-state index contributed by atoms with van der Waals surface area (Å²) < 4.78 is 1.81. The highest BCUT2D eigenvalue weighted by Gasteiger charge is 2.26. The van der Waals surface area contributed by atoms with Crippen molar-refractivity contribution in [2.75, 3.05) is 11.1 Å². The van der Waals surface area contributed by atoms with Crippen LogP contribution >= 0.6 is 23.4 Å². The van der Waals surface area contributed by atoms with E-state index in [0.29, 0.717) is 21.6 Å². The van der Waals surface area contributed by atoms with Gasteiger partial charge in [-0.15, -0.1) is 10.2 Å². The number of nitrogens with zero attached hydrogens (tertiary/aromatic N) is 3. The van der Waals surface area contributed by atoms with Crippen molar-refractivity contribution in [1.29, 1.82) is 0 Å². The molecule has 0 unspecified atom stereocenters. The first-order valence-electron chi connectivity index (χ1n) is 10.6. The fourth-order valence-corrected chi connectivity index (χ4v) is 4.43. The molecule has 2 N–H and O–H groups in total. The summed E-state index contributed by atoms with van der Waals surface area (Å²) >= 11 is 7.47. The Balaban J connectivity index is 1.68. The Labute approximate surface area is 203 Å². The molecule has 1 heterocycles. The lowest BCUT2D eigenvalue weighted by atomic mass is 10.0. The van der Waals surface area contributed by atoms with Gasteiger partial charge >= 0.3 is 0 Å². The van der Waals surface area contributed by atoms with Crippen molar-refractivity contribution in [3.8, 4) is 0 Å². The van der Waals surface area contributed by atoms with Gasteiger partial charge in [-0.25, -0.2) is 0 Å². The number of aromatic nitrogens is 3. The number of aryl methyl sites for hydroxylation is 2. The van der Waals surface area contributed by atoms with E-state index in [1.807, 2.05) is 51.4 Å². The van der Waals surface area contributed by atoms with Crippen molar-refractivity contribution < 1.29 is 9.59 Å². The number of halogens is 1. The molecule has 0 fully saturated rings. The molecule has 3 rings (SSSR count). The predicted octanol–water partition coefficient (Wildman–Crippen LogP) is 4.94. The van der Waals surface area contributed by atoms with Gasteiger partial charge in [0.15, 0.2) is 11.0 Å². The Morgan fingerprint density at radius 2 is 1.76 bits per heavy atom. The van der Waals surface area contributed by atoms with Gasteiger partial charge in [0.2, 0.25) is 5.91 Å². The normalized spacial score (nSPS) is 12.0. The number of amides is 2. The summed E-state index contributed by atoms with van der Waals surface area (Å²) in [5, 5.41) is 15.5. The van der Waals surface area contributed by atoms with Gasteiger partial charge in [0.05, 0.1) is 22.4 Å². The van der Waals surface area contributed by atoms with Crippen LogP contribution in [0.15, 0.2) is 47.6 Å². The summed E-state index contributed by atoms with van der Waals surface area (Å²) in [5.41, 5.74) is 3.37. The molecule has 7 nitrogen and oxygen atoms in total. The van der Waals surface area contributed by atoms with Gasteiger partial charge in [0, 0.05) is 12.7 Å². The van der Waals surface area contributed by atoms with Gasteiger partial charge in [0.1, 0.15) is 0 Å². The van der Waals surface area contributed by atoms with E-state index < -0.39 is 0 Å². The quantitative estimate of drug-likeness (QED) is 0.441. The van der Waals surface area contributed by atoms with E-state index in [4.69, 9.17) is 11.6 Å². The second-order valence-electron chi connectivity index (χ2n) is 8.29. The third-order valence-corrected chi connectivity index (χ3v) is 6.41. The topological polar surface area (TPSA) is 88.9 Å². The molecule has 0 spiro atoms. The number of hydrogen-bond donors (Lipinski definition) is 2. The minimum absolute atomic E-state index is 0.0602. The zero-order valence-electron chi connectivity index (χ0n) is 19.3. The number of thioether (sulfide) groups is 1. The van der Waals surface area contributed by atoms with Crippen LogP contribution in [0.1, 0.15) is 47.2 Å². The summed E-state index contributed by atoms with van der Waals surface area (Å²) in [6.45, 7) is 7.98. The molecule has 3 aromatic rings. The Bertz CT molecular complexity index is 1140. The molecule has 1 aromatic heterocycles. The largest absolute Gasteiger partial charge is 0.342 e. The molecule has 174 valence electrons. The van der Waals surface area contributed by atoms with Crippen LogP contribution in [-0.2, 0) is 11.8 Å². The zero-order chi connectivity index (χ0) is 24.1. The highest BCUT2D eigenvalue weighted by atomic mass is 35.5. The minimum atomic E-state index is -0.371. The van der Waals surface area contributed by atoms with Crippen molar-refractivity contribution >= 4 is 40.9 Å². The summed E-state index contributed by atoms with van der Waals surface area (Å²) in [5.74, 6) is 0.469. The van der Waals surface area contributed by atoms with E-state index in [9.17, 15) is 9.59 Å². The maximum absolute atomic E-state index is 12.8. The van der Waals surface area contributed by atoms with Gasteiger partial charge in [-0.05, 0) is 55.2 Å². The fourth-order valence-electron chi connectivity index (χ4n) is 3.49. The number of rotatable bonds is 8. The van der Waals surface area contributed by atoms with Gasteiger partial charge in [0.25, 0.3) is 5.91 Å². The third kappa shape index (κ3) is 6.36. The first-order valence-corrected chi connectivity index (χ1v) is 12.0. The van der Waals surface area contributed by atoms with Crippen LogP contribution in [0.2, 0.25) is 5.02 Å². The van der Waals surface area contributed by atoms with Crippen molar-refractivity contribution in [3.63, 3.8) is 0 Å². The van der Waals surface area contributed by atoms with E-state index in [1.165, 1.54) is 11.8 Å². The van der Waals surface area contributed by atoms with E-state index >= 15 is 0 Å². The Morgan fingerprint density at radius 1 is 1.09 bits per heavy atom. The van der Waals surface area contributed by atoms with Gasteiger partial charge in [-0.1, -0.05) is 55.4 Å². The lowest BCUT2D eigenvalue weighted by Crippen LogP contribution is -2.33. The molecular weight excluding hydrogens is 458 g/mol. The molecule has 0 saturated heterocycles. The highest BCUT2D eigenvalue weighted by molar-refractivity contribution is 7.99. The van der Waals surface area contributed by atoms with Crippen molar-refractivity contribution in [2.45, 2.75) is 38.9 Å². The zero-order valence-corrected chi connectivity index (χ0v) is 20.9. The van der Waals surface area contributed by atoms with Crippen molar-refractivity contribution in [2.24, 2.45) is 13.0 Å². The lowest BCUT2D eigenvalue weighted by molar-refractivity contribution is -0.113. The number of nitrogens with one attached hydrogen (secondary N) is 2. The first-order chi connectivity index (χ1) is 15.7. The van der Waals surface area contributed by atoms with Crippen LogP contribution in [0.25, 0.3) is 0 Å². The molecule has 0 saturated carbocycles. The molecule has 1 atom stereocenters. The summed E-state index contributed by atoms with van der Waals surface area (Å²) in [7, 11) is 1.83. The smallest absolute Gasteiger partial charge is 0.253 e. The molecule has 0 bridgehead atoms. The average molecular weight is 486 g/mol. The maximum atomic E-state index is 12.8. The monoisotopic (exact) mass is 485 g/mol. The maximum Gasteiger partial charge on any atom is 0.253 e. The minimum Gasteiger partial charge on any atom is -0.342 e. The number of carbonyl (C=O) groups is 2. The van der Waals surface area contributed by atoms with Crippen LogP contribution in [0.3, 0.4) is 0 Å². The number of benzene rings is 2. The summed E-state index contributed by atoms with van der Waals surface area (Å²) in [6, 6.07) is 12.5. The van der Waals surface area contributed by atoms with E-state index in [2.05, 4.69) is 26.9 Å². The molecule has 0 aliphatic rings. The standard InChI is InChI=1S/C24H28ClN5O2S/c1-14(2)21(27-23(32)18-8-6-7-9-19(18)25)22-28-29-24(30(22)5)33-13-20(31)26-17-11-15(3)10-16(4)12-17/h6-12,14,21H,13H2,1-5H3,(H,26,31)(H,27,32)/t21-/m1/s1. The van der Waals surface area contributed by atoms with E-state index in [1.54, 1.807) is 24.3 Å². The van der Waals surface area contributed by atoms with Gasteiger partial charge in [-0.3, -0.25) is 9.59 Å². The second-order valence-corrected chi connectivity index (χ2v) is 9.64. The predicted molar refractivity (Wildman–Crippen MR) is 133 cm³/mol. The van der Waals surface area contributed by atoms with Crippen molar-refractivity contribution in [3.05, 3.63) is 70.0 Å². The molecule has 0 aliphatic carbocycles. The fraction of sp³-hybridized carbons (Fsp3) is 0.333. The van der Waals surface area contributed by atoms with Crippen molar-refractivity contribution in [1.82, 2.24) is 20.1 Å². The van der Waals surface area contributed by atoms with Gasteiger partial charge in [-0.2, -0.15) is 0 Å². The number of hydrogen-bond acceptors (Lipinski definition) is 5. The molecule has 0 radical (unpaired) electrons. The molecule has 0 aliphatic heterocycles. The Kier molecular flexibility index (Phi) is 8.15. The highest BCUT2D eigenvalue weighted by Crippen LogP contribution is 2.25. The third-order valence-electron chi connectivity index (χ3n) is 5.06. The summed E-state index contributed by atoms with van der Waals surface area (Å²) in [4.78, 5) is 25.2. The first kappa shape index (κ1) is 24.8. The van der Waals surface area contributed by atoms with Crippen LogP contribution in [0, 0.1) is 19.8 Å². The molecular formula is C24H28ClN5O2S. The van der Waals surface area contributed by atoms with Crippen LogP contribution in [0.5, 0.6) is 0 Å². The Morgan fingerprint density at radius 3 is 2.39 bits per heavy atom.